The van der Waals surface area contributed by atoms with Gasteiger partial charge in [-0.25, -0.2) is 9.97 Å². The van der Waals surface area contributed by atoms with Crippen molar-refractivity contribution in [2.24, 2.45) is 0 Å². The highest BCUT2D eigenvalue weighted by Crippen LogP contribution is 2.20. The van der Waals surface area contributed by atoms with Crippen molar-refractivity contribution in [2.45, 2.75) is 0 Å². The van der Waals surface area contributed by atoms with E-state index in [2.05, 4.69) is 9.97 Å². The average Bonchev–Trinajstić information content (AvgIpc) is 2.61. The van der Waals surface area contributed by atoms with E-state index < -0.39 is 0 Å². The summed E-state index contributed by atoms with van der Waals surface area (Å²) in [5.74, 6) is 1.30. The Kier molecular flexibility index (Phi) is 5.82. The van der Waals surface area contributed by atoms with Crippen LogP contribution in [-0.4, -0.2) is 36.4 Å². The maximum absolute atomic E-state index is 5.89. The van der Waals surface area contributed by atoms with E-state index in [0.29, 0.717) is 37.3 Å². The number of hydrogen-bond donors (Lipinski definition) is 0. The van der Waals surface area contributed by atoms with E-state index in [9.17, 15) is 0 Å². The summed E-state index contributed by atoms with van der Waals surface area (Å²) in [7, 11) is 0. The van der Waals surface area contributed by atoms with Gasteiger partial charge >= 0.3 is 0 Å². The molecule has 0 aliphatic carbocycles. The summed E-state index contributed by atoms with van der Waals surface area (Å²) in [6, 6.07) is 15.0. The molecule has 0 saturated carbocycles. The maximum Gasteiger partial charge on any atom is 0.224 e. The summed E-state index contributed by atoms with van der Waals surface area (Å²) in [5, 5.41) is 1.54. The van der Waals surface area contributed by atoms with Crippen molar-refractivity contribution in [1.82, 2.24) is 9.97 Å². The second kappa shape index (κ2) is 8.47. The minimum Gasteiger partial charge on any atom is -0.491 e. The number of fused-ring (bicyclic) bond motifs is 1. The Balaban J connectivity index is 1.36. The number of halogens is 1. The van der Waals surface area contributed by atoms with Crippen LogP contribution in [0, 0.1) is 0 Å². The molecule has 1 aromatic heterocycles. The summed E-state index contributed by atoms with van der Waals surface area (Å²) in [6.45, 7) is 1.80. The number of nitrogens with zero attached hydrogens (tertiary/aromatic N) is 2. The first-order valence-electron chi connectivity index (χ1n) is 7.61. The fraction of sp³-hybridized carbons (Fsp3) is 0.222. The van der Waals surface area contributed by atoms with Gasteiger partial charge in [0.25, 0.3) is 0 Å². The zero-order valence-corrected chi connectivity index (χ0v) is 13.8. The molecular formula is C18H17ClN2O3. The molecule has 5 nitrogen and oxygen atoms in total. The lowest BCUT2D eigenvalue weighted by molar-refractivity contribution is 0.0757. The van der Waals surface area contributed by atoms with E-state index in [1.807, 2.05) is 36.4 Å². The van der Waals surface area contributed by atoms with Crippen molar-refractivity contribution < 1.29 is 14.2 Å². The highest BCUT2D eigenvalue weighted by atomic mass is 35.5. The smallest absolute Gasteiger partial charge is 0.224 e. The Bertz CT molecular complexity index is 793. The molecule has 124 valence electrons. The topological polar surface area (TPSA) is 53.5 Å². The highest BCUT2D eigenvalue weighted by Gasteiger charge is 2.03. The molecule has 0 aliphatic heterocycles. The zero-order valence-electron chi connectivity index (χ0n) is 13.0. The van der Waals surface area contributed by atoms with Crippen molar-refractivity contribution >= 4 is 22.5 Å². The second-order valence-electron chi connectivity index (χ2n) is 4.96. The van der Waals surface area contributed by atoms with E-state index >= 15 is 0 Å². The number of ether oxygens (including phenoxy) is 3. The minimum atomic E-state index is 0.415. The van der Waals surface area contributed by atoms with Crippen molar-refractivity contribution in [1.29, 1.82) is 0 Å². The van der Waals surface area contributed by atoms with Crippen LogP contribution in [0.25, 0.3) is 10.9 Å². The van der Waals surface area contributed by atoms with Crippen LogP contribution < -0.4 is 9.47 Å². The quantitative estimate of drug-likeness (QED) is 0.582. The van der Waals surface area contributed by atoms with E-state index in [0.717, 1.165) is 16.7 Å². The summed E-state index contributed by atoms with van der Waals surface area (Å²) < 4.78 is 16.7. The third kappa shape index (κ3) is 4.57. The Labute approximate surface area is 145 Å². The number of aromatic nitrogens is 2. The third-order valence-electron chi connectivity index (χ3n) is 3.27. The van der Waals surface area contributed by atoms with Crippen molar-refractivity contribution in [2.75, 3.05) is 26.4 Å². The largest absolute Gasteiger partial charge is 0.491 e. The average molecular weight is 345 g/mol. The molecule has 0 radical (unpaired) electrons. The molecule has 0 amide bonds. The van der Waals surface area contributed by atoms with Gasteiger partial charge in [-0.15, -0.1) is 0 Å². The Morgan fingerprint density at radius 1 is 0.833 bits per heavy atom. The molecule has 24 heavy (non-hydrogen) atoms. The van der Waals surface area contributed by atoms with Gasteiger partial charge in [0, 0.05) is 5.02 Å². The lowest BCUT2D eigenvalue weighted by Crippen LogP contribution is -2.12. The van der Waals surface area contributed by atoms with Gasteiger partial charge in [-0.1, -0.05) is 29.8 Å². The van der Waals surface area contributed by atoms with Crippen LogP contribution >= 0.6 is 11.6 Å². The normalized spacial score (nSPS) is 10.7. The molecule has 3 rings (SSSR count). The van der Waals surface area contributed by atoms with Crippen molar-refractivity contribution in [3.63, 3.8) is 0 Å². The molecule has 0 bridgehead atoms. The molecule has 0 N–H and O–H groups in total. The standard InChI is InChI=1S/C18H17ClN2O3/c19-14-4-3-5-15(12-14)23-10-8-22-9-11-24-18-16-6-1-2-7-17(16)20-13-21-18/h1-7,12-13H,8-11H2. The van der Waals surface area contributed by atoms with Gasteiger partial charge in [-0.05, 0) is 30.3 Å². The molecule has 0 unspecified atom stereocenters. The van der Waals surface area contributed by atoms with Gasteiger partial charge in [0.15, 0.2) is 0 Å². The lowest BCUT2D eigenvalue weighted by atomic mass is 10.2. The molecule has 0 spiro atoms. The fourth-order valence-corrected chi connectivity index (χ4v) is 2.35. The Morgan fingerprint density at radius 2 is 1.67 bits per heavy atom. The van der Waals surface area contributed by atoms with Gasteiger partial charge in [0.2, 0.25) is 5.88 Å². The second-order valence-corrected chi connectivity index (χ2v) is 5.40. The predicted octanol–water partition coefficient (Wildman–Crippen LogP) is 3.76. The van der Waals surface area contributed by atoms with Crippen molar-refractivity contribution in [3.05, 3.63) is 59.9 Å². The van der Waals surface area contributed by atoms with Gasteiger partial charge in [0.05, 0.1) is 24.1 Å². The SMILES string of the molecule is Clc1cccc(OCCOCCOc2ncnc3ccccc23)c1. The fourth-order valence-electron chi connectivity index (χ4n) is 2.17. The molecule has 1 heterocycles. The molecule has 3 aromatic rings. The third-order valence-corrected chi connectivity index (χ3v) is 3.50. The maximum atomic E-state index is 5.89. The number of rotatable bonds is 8. The molecule has 0 fully saturated rings. The van der Waals surface area contributed by atoms with Crippen LogP contribution in [0.5, 0.6) is 11.6 Å². The summed E-state index contributed by atoms with van der Waals surface area (Å²) in [6.07, 6.45) is 1.50. The minimum absolute atomic E-state index is 0.415. The van der Waals surface area contributed by atoms with Crippen LogP contribution in [0.3, 0.4) is 0 Å². The highest BCUT2D eigenvalue weighted by molar-refractivity contribution is 6.30. The monoisotopic (exact) mass is 344 g/mol. The van der Waals surface area contributed by atoms with Crippen LogP contribution in [0.2, 0.25) is 5.02 Å². The van der Waals surface area contributed by atoms with Crippen LogP contribution in [0.15, 0.2) is 54.9 Å². The predicted molar refractivity (Wildman–Crippen MR) is 92.8 cm³/mol. The zero-order chi connectivity index (χ0) is 16.6. The first-order chi connectivity index (χ1) is 11.8. The van der Waals surface area contributed by atoms with Gasteiger partial charge in [-0.2, -0.15) is 0 Å². The first-order valence-corrected chi connectivity index (χ1v) is 7.99. The van der Waals surface area contributed by atoms with Gasteiger partial charge in [0.1, 0.15) is 25.3 Å². The number of hydrogen-bond acceptors (Lipinski definition) is 5. The number of para-hydroxylation sites is 1. The first kappa shape index (κ1) is 16.5. The Hall–Kier alpha value is -2.37. The van der Waals surface area contributed by atoms with E-state index in [1.54, 1.807) is 12.1 Å². The summed E-state index contributed by atoms with van der Waals surface area (Å²) in [4.78, 5) is 8.36. The Morgan fingerprint density at radius 3 is 2.54 bits per heavy atom. The van der Waals surface area contributed by atoms with Gasteiger partial charge in [-0.3, -0.25) is 0 Å². The molecule has 0 saturated heterocycles. The van der Waals surface area contributed by atoms with E-state index in [4.69, 9.17) is 25.8 Å². The van der Waals surface area contributed by atoms with Gasteiger partial charge < -0.3 is 14.2 Å². The number of benzene rings is 2. The van der Waals surface area contributed by atoms with Crippen LogP contribution in [-0.2, 0) is 4.74 Å². The summed E-state index contributed by atoms with van der Waals surface area (Å²) >= 11 is 5.89. The molecule has 2 aromatic carbocycles. The summed E-state index contributed by atoms with van der Waals surface area (Å²) in [5.41, 5.74) is 0.860. The van der Waals surface area contributed by atoms with E-state index in [-0.39, 0.29) is 0 Å². The van der Waals surface area contributed by atoms with Crippen molar-refractivity contribution in [3.8, 4) is 11.6 Å². The molecular weight excluding hydrogens is 328 g/mol. The molecule has 0 atom stereocenters. The molecule has 0 aliphatic rings. The van der Waals surface area contributed by atoms with Crippen LogP contribution in [0.4, 0.5) is 0 Å². The van der Waals surface area contributed by atoms with Crippen LogP contribution in [0.1, 0.15) is 0 Å². The lowest BCUT2D eigenvalue weighted by Gasteiger charge is -2.09. The molecule has 6 heteroatoms. The van der Waals surface area contributed by atoms with E-state index in [1.165, 1.54) is 6.33 Å².